The first kappa shape index (κ1) is 11.5. The monoisotopic (exact) mass is 273 g/mol. The van der Waals surface area contributed by atoms with E-state index in [-0.39, 0.29) is 10.5 Å². The summed E-state index contributed by atoms with van der Waals surface area (Å²) in [6.07, 6.45) is 3.01. The van der Waals surface area contributed by atoms with Gasteiger partial charge < -0.3 is 4.98 Å². The Kier molecular flexibility index (Phi) is 3.24. The first-order valence-corrected chi connectivity index (χ1v) is 5.55. The highest BCUT2D eigenvalue weighted by molar-refractivity contribution is 6.42. The van der Waals surface area contributed by atoms with Crippen LogP contribution in [-0.4, -0.2) is 4.98 Å². The molecule has 1 heterocycles. The van der Waals surface area contributed by atoms with Gasteiger partial charge in [-0.1, -0.05) is 40.9 Å². The molecule has 0 aliphatic rings. The summed E-state index contributed by atoms with van der Waals surface area (Å²) >= 11 is 17.4. The number of H-pyrrole nitrogens is 1. The first-order chi connectivity index (χ1) is 7.59. The van der Waals surface area contributed by atoms with Crippen LogP contribution in [0.15, 0.2) is 35.4 Å². The number of aromatic nitrogens is 1. The third kappa shape index (κ3) is 2.09. The summed E-state index contributed by atoms with van der Waals surface area (Å²) in [4.78, 5) is 14.5. The van der Waals surface area contributed by atoms with Gasteiger partial charge >= 0.3 is 0 Å². The van der Waals surface area contributed by atoms with Crippen molar-refractivity contribution in [3.05, 3.63) is 55.9 Å². The lowest BCUT2D eigenvalue weighted by Gasteiger charge is -2.03. The first-order valence-electron chi connectivity index (χ1n) is 4.41. The van der Waals surface area contributed by atoms with Crippen molar-refractivity contribution in [3.63, 3.8) is 0 Å². The molecule has 5 heteroatoms. The third-order valence-electron chi connectivity index (χ3n) is 2.13. The van der Waals surface area contributed by atoms with Crippen LogP contribution in [0.2, 0.25) is 15.1 Å². The molecule has 2 rings (SSSR count). The molecule has 82 valence electrons. The van der Waals surface area contributed by atoms with E-state index in [0.717, 1.165) is 0 Å². The van der Waals surface area contributed by atoms with Crippen LogP contribution in [0.4, 0.5) is 0 Å². The Morgan fingerprint density at radius 3 is 2.38 bits per heavy atom. The quantitative estimate of drug-likeness (QED) is 0.837. The minimum atomic E-state index is -0.237. The van der Waals surface area contributed by atoms with E-state index in [2.05, 4.69) is 4.98 Å². The van der Waals surface area contributed by atoms with Gasteiger partial charge in [0.05, 0.1) is 10.0 Å². The Labute approximate surface area is 107 Å². The van der Waals surface area contributed by atoms with E-state index in [1.165, 1.54) is 6.20 Å². The summed E-state index contributed by atoms with van der Waals surface area (Å²) in [6.45, 7) is 0. The van der Waals surface area contributed by atoms with Crippen molar-refractivity contribution in [2.75, 3.05) is 0 Å². The van der Waals surface area contributed by atoms with Gasteiger partial charge in [0, 0.05) is 18.0 Å². The Bertz CT molecular complexity index is 592. The maximum absolute atomic E-state index is 11.7. The van der Waals surface area contributed by atoms with Crippen LogP contribution in [0.1, 0.15) is 0 Å². The molecule has 2 aromatic rings. The van der Waals surface area contributed by atoms with Gasteiger partial charge in [0.15, 0.2) is 0 Å². The van der Waals surface area contributed by atoms with Gasteiger partial charge in [-0.2, -0.15) is 0 Å². The highest BCUT2D eigenvalue weighted by Crippen LogP contribution is 2.27. The summed E-state index contributed by atoms with van der Waals surface area (Å²) in [7, 11) is 0. The molecule has 0 atom stereocenters. The Balaban J connectivity index is 2.64. The van der Waals surface area contributed by atoms with E-state index < -0.39 is 0 Å². The normalized spacial score (nSPS) is 10.4. The molecular weight excluding hydrogens is 268 g/mol. The van der Waals surface area contributed by atoms with Crippen molar-refractivity contribution in [2.45, 2.75) is 0 Å². The van der Waals surface area contributed by atoms with Crippen molar-refractivity contribution in [1.82, 2.24) is 4.98 Å². The summed E-state index contributed by atoms with van der Waals surface area (Å²) in [5.41, 5.74) is 0.906. The second kappa shape index (κ2) is 4.50. The standard InChI is InChI=1S/C11H6Cl3NO/c12-8-2-1-6(3-9(8)13)7-4-15-5-10(14)11(7)16/h1-5H,(H,15,16). The van der Waals surface area contributed by atoms with Gasteiger partial charge in [0.2, 0.25) is 5.43 Å². The lowest BCUT2D eigenvalue weighted by Crippen LogP contribution is -2.05. The highest BCUT2D eigenvalue weighted by atomic mass is 35.5. The van der Waals surface area contributed by atoms with Crippen LogP contribution in [0, 0.1) is 0 Å². The molecule has 16 heavy (non-hydrogen) atoms. The van der Waals surface area contributed by atoms with Crippen molar-refractivity contribution < 1.29 is 0 Å². The molecular formula is C11H6Cl3NO. The highest BCUT2D eigenvalue weighted by Gasteiger charge is 2.07. The van der Waals surface area contributed by atoms with Gasteiger partial charge in [0.25, 0.3) is 0 Å². The van der Waals surface area contributed by atoms with Crippen LogP contribution in [0.5, 0.6) is 0 Å². The average Bonchev–Trinajstić information content (AvgIpc) is 2.26. The molecule has 0 saturated carbocycles. The Morgan fingerprint density at radius 1 is 0.938 bits per heavy atom. The molecule has 0 aliphatic heterocycles. The number of halogens is 3. The lowest BCUT2D eigenvalue weighted by atomic mass is 10.1. The number of hydrogen-bond donors (Lipinski definition) is 1. The molecule has 0 fully saturated rings. The fraction of sp³-hybridized carbons (Fsp3) is 0. The molecule has 0 saturated heterocycles. The van der Waals surface area contributed by atoms with E-state index in [9.17, 15) is 4.79 Å². The number of aromatic amines is 1. The number of pyridine rings is 1. The van der Waals surface area contributed by atoms with E-state index in [1.807, 2.05) is 0 Å². The van der Waals surface area contributed by atoms with Crippen LogP contribution >= 0.6 is 34.8 Å². The fourth-order valence-electron chi connectivity index (χ4n) is 1.34. The zero-order valence-electron chi connectivity index (χ0n) is 7.93. The number of nitrogens with one attached hydrogen (secondary N) is 1. The number of hydrogen-bond acceptors (Lipinski definition) is 1. The number of benzene rings is 1. The van der Waals surface area contributed by atoms with Gasteiger partial charge in [-0.3, -0.25) is 4.79 Å². The van der Waals surface area contributed by atoms with E-state index >= 15 is 0 Å². The zero-order chi connectivity index (χ0) is 11.7. The maximum Gasteiger partial charge on any atom is 0.207 e. The van der Waals surface area contributed by atoms with Gasteiger partial charge in [-0.25, -0.2) is 0 Å². The van der Waals surface area contributed by atoms with Gasteiger partial charge in [-0.15, -0.1) is 0 Å². The van der Waals surface area contributed by atoms with Crippen molar-refractivity contribution in [1.29, 1.82) is 0 Å². The molecule has 0 unspecified atom stereocenters. The Hall–Kier alpha value is -0.960. The minimum Gasteiger partial charge on any atom is -0.366 e. The summed E-state index contributed by atoms with van der Waals surface area (Å²) in [5.74, 6) is 0. The van der Waals surface area contributed by atoms with Crippen molar-refractivity contribution in [2.24, 2.45) is 0 Å². The predicted octanol–water partition coefficient (Wildman–Crippen LogP) is 4.00. The SMILES string of the molecule is O=c1c(Cl)c[nH]cc1-c1ccc(Cl)c(Cl)c1. The predicted molar refractivity (Wildman–Crippen MR) is 67.5 cm³/mol. The molecule has 1 N–H and O–H groups in total. The minimum absolute atomic E-state index is 0.142. The van der Waals surface area contributed by atoms with Crippen molar-refractivity contribution >= 4 is 34.8 Å². The summed E-state index contributed by atoms with van der Waals surface area (Å²) in [6, 6.07) is 4.99. The Morgan fingerprint density at radius 2 is 1.69 bits per heavy atom. The van der Waals surface area contributed by atoms with E-state index in [4.69, 9.17) is 34.8 Å². The molecule has 1 aromatic carbocycles. The molecule has 0 spiro atoms. The van der Waals surface area contributed by atoms with Crippen molar-refractivity contribution in [3.8, 4) is 11.1 Å². The molecule has 1 aromatic heterocycles. The second-order valence-corrected chi connectivity index (χ2v) is 4.40. The summed E-state index contributed by atoms with van der Waals surface area (Å²) < 4.78 is 0. The smallest absolute Gasteiger partial charge is 0.207 e. The topological polar surface area (TPSA) is 32.9 Å². The van der Waals surface area contributed by atoms with Crippen LogP contribution in [0.3, 0.4) is 0 Å². The molecule has 0 amide bonds. The molecule has 0 radical (unpaired) electrons. The fourth-order valence-corrected chi connectivity index (χ4v) is 1.80. The lowest BCUT2D eigenvalue weighted by molar-refractivity contribution is 1.30. The van der Waals surface area contributed by atoms with Crippen LogP contribution < -0.4 is 5.43 Å². The second-order valence-electron chi connectivity index (χ2n) is 3.17. The largest absolute Gasteiger partial charge is 0.366 e. The number of rotatable bonds is 1. The zero-order valence-corrected chi connectivity index (χ0v) is 10.2. The van der Waals surface area contributed by atoms with Gasteiger partial charge in [0.1, 0.15) is 5.02 Å². The van der Waals surface area contributed by atoms with Gasteiger partial charge in [-0.05, 0) is 17.7 Å². The molecule has 0 bridgehead atoms. The average molecular weight is 275 g/mol. The third-order valence-corrected chi connectivity index (χ3v) is 3.15. The molecule has 0 aliphatic carbocycles. The van der Waals surface area contributed by atoms with E-state index in [0.29, 0.717) is 21.2 Å². The molecule has 2 nitrogen and oxygen atoms in total. The maximum atomic E-state index is 11.7. The van der Waals surface area contributed by atoms with Crippen LogP contribution in [0.25, 0.3) is 11.1 Å². The van der Waals surface area contributed by atoms with E-state index in [1.54, 1.807) is 24.4 Å². The van der Waals surface area contributed by atoms with Crippen LogP contribution in [-0.2, 0) is 0 Å². The summed E-state index contributed by atoms with van der Waals surface area (Å²) in [5, 5.41) is 0.992.